The topological polar surface area (TPSA) is 70.1 Å². The van der Waals surface area contributed by atoms with Crippen LogP contribution in [0.1, 0.15) is 12.5 Å². The lowest BCUT2D eigenvalue weighted by molar-refractivity contribution is -0.121. The van der Waals surface area contributed by atoms with E-state index in [9.17, 15) is 9.59 Å². The number of imidazole rings is 1. The summed E-state index contributed by atoms with van der Waals surface area (Å²) in [5, 5.41) is 2.91. The quantitative estimate of drug-likeness (QED) is 0.685. The van der Waals surface area contributed by atoms with Gasteiger partial charge in [-0.1, -0.05) is 24.3 Å². The van der Waals surface area contributed by atoms with Gasteiger partial charge in [0.15, 0.2) is 0 Å². The highest BCUT2D eigenvalue weighted by Crippen LogP contribution is 2.15. The van der Waals surface area contributed by atoms with Crippen LogP contribution in [-0.4, -0.2) is 35.1 Å². The molecule has 2 N–H and O–H groups in total. The van der Waals surface area contributed by atoms with Crippen molar-refractivity contribution in [1.29, 1.82) is 0 Å². The van der Waals surface area contributed by atoms with Crippen molar-refractivity contribution in [1.82, 2.24) is 14.9 Å². The molecule has 0 radical (unpaired) electrons. The molecule has 26 heavy (non-hydrogen) atoms. The van der Waals surface area contributed by atoms with Crippen molar-refractivity contribution in [3.8, 4) is 0 Å². The number of hydrogen-bond donors (Lipinski definition) is 2. The van der Waals surface area contributed by atoms with Crippen molar-refractivity contribution in [2.75, 3.05) is 24.5 Å². The predicted octanol–water partition coefficient (Wildman–Crippen LogP) is 2.28. The van der Waals surface area contributed by atoms with Gasteiger partial charge in [0.05, 0.1) is 11.0 Å². The number of carbonyl (C=O) groups excluding carboxylic acids is 1. The maximum Gasteiger partial charge on any atom is 0.326 e. The van der Waals surface area contributed by atoms with Crippen molar-refractivity contribution in [3.63, 3.8) is 0 Å². The standard InChI is InChI=1S/C20H24N4O2/c1-3-23(16-8-6-7-15(2)13-16)12-11-21-19(25)14-24-18-10-5-4-9-17(18)22-20(24)26/h4-10,13H,3,11-12,14H2,1-2H3,(H,21,25)(H,22,26). The summed E-state index contributed by atoms with van der Waals surface area (Å²) in [6, 6.07) is 15.7. The molecule has 1 amide bonds. The average molecular weight is 352 g/mol. The minimum absolute atomic E-state index is 0.0133. The summed E-state index contributed by atoms with van der Waals surface area (Å²) < 4.78 is 1.46. The van der Waals surface area contributed by atoms with Gasteiger partial charge < -0.3 is 15.2 Å². The van der Waals surface area contributed by atoms with Gasteiger partial charge in [-0.15, -0.1) is 0 Å². The van der Waals surface area contributed by atoms with Crippen LogP contribution in [0, 0.1) is 6.92 Å². The predicted molar refractivity (Wildman–Crippen MR) is 105 cm³/mol. The number of aromatic nitrogens is 2. The van der Waals surface area contributed by atoms with Crippen LogP contribution >= 0.6 is 0 Å². The molecule has 3 rings (SSSR count). The number of benzene rings is 2. The lowest BCUT2D eigenvalue weighted by Gasteiger charge is -2.23. The lowest BCUT2D eigenvalue weighted by atomic mass is 10.2. The number of carbonyl (C=O) groups is 1. The van der Waals surface area contributed by atoms with Gasteiger partial charge in [0, 0.05) is 25.3 Å². The Bertz CT molecular complexity index is 958. The fourth-order valence-electron chi connectivity index (χ4n) is 3.09. The first-order valence-electron chi connectivity index (χ1n) is 8.84. The van der Waals surface area contributed by atoms with Crippen LogP contribution in [-0.2, 0) is 11.3 Å². The molecule has 0 unspecified atom stereocenters. The Balaban J connectivity index is 1.58. The molecular weight excluding hydrogens is 328 g/mol. The molecule has 6 nitrogen and oxygen atoms in total. The third kappa shape index (κ3) is 3.96. The van der Waals surface area contributed by atoms with Crippen LogP contribution in [0.5, 0.6) is 0 Å². The van der Waals surface area contributed by atoms with Crippen LogP contribution in [0.15, 0.2) is 53.3 Å². The molecule has 0 fully saturated rings. The number of fused-ring (bicyclic) bond motifs is 1. The zero-order valence-corrected chi connectivity index (χ0v) is 15.2. The van der Waals surface area contributed by atoms with Crippen molar-refractivity contribution < 1.29 is 4.79 Å². The minimum Gasteiger partial charge on any atom is -0.370 e. The number of hydrogen-bond acceptors (Lipinski definition) is 3. The van der Waals surface area contributed by atoms with Gasteiger partial charge in [-0.25, -0.2) is 4.79 Å². The Hall–Kier alpha value is -3.02. The molecule has 0 aliphatic rings. The molecule has 0 saturated carbocycles. The van der Waals surface area contributed by atoms with Gasteiger partial charge in [-0.2, -0.15) is 0 Å². The Morgan fingerprint density at radius 1 is 1.19 bits per heavy atom. The Labute approximate surface area is 152 Å². The second-order valence-electron chi connectivity index (χ2n) is 6.30. The van der Waals surface area contributed by atoms with Crippen molar-refractivity contribution in [2.45, 2.75) is 20.4 Å². The summed E-state index contributed by atoms with van der Waals surface area (Å²) >= 11 is 0. The van der Waals surface area contributed by atoms with E-state index >= 15 is 0 Å². The first-order chi connectivity index (χ1) is 12.6. The largest absolute Gasteiger partial charge is 0.370 e. The summed E-state index contributed by atoms with van der Waals surface area (Å²) in [4.78, 5) is 29.3. The van der Waals surface area contributed by atoms with E-state index in [-0.39, 0.29) is 18.1 Å². The molecule has 0 saturated heterocycles. The van der Waals surface area contributed by atoms with Crippen LogP contribution in [0.2, 0.25) is 0 Å². The third-order valence-electron chi connectivity index (χ3n) is 4.44. The highest BCUT2D eigenvalue weighted by molar-refractivity contribution is 5.80. The van der Waals surface area contributed by atoms with E-state index in [0.717, 1.165) is 23.3 Å². The average Bonchev–Trinajstić information content (AvgIpc) is 2.94. The van der Waals surface area contributed by atoms with E-state index < -0.39 is 0 Å². The molecule has 0 spiro atoms. The van der Waals surface area contributed by atoms with Crippen LogP contribution in [0.3, 0.4) is 0 Å². The van der Waals surface area contributed by atoms with E-state index in [1.54, 1.807) is 0 Å². The number of nitrogens with zero attached hydrogens (tertiary/aromatic N) is 2. The first-order valence-corrected chi connectivity index (χ1v) is 8.84. The van der Waals surface area contributed by atoms with Crippen molar-refractivity contribution >= 4 is 22.6 Å². The van der Waals surface area contributed by atoms with Gasteiger partial charge in [0.25, 0.3) is 0 Å². The summed E-state index contributed by atoms with van der Waals surface area (Å²) in [5.41, 5.74) is 3.57. The minimum atomic E-state index is -0.267. The number of aromatic amines is 1. The van der Waals surface area contributed by atoms with E-state index in [0.29, 0.717) is 13.1 Å². The summed E-state index contributed by atoms with van der Waals surface area (Å²) in [5.74, 6) is -0.169. The van der Waals surface area contributed by atoms with Crippen molar-refractivity contribution in [3.05, 3.63) is 64.6 Å². The van der Waals surface area contributed by atoms with E-state index in [4.69, 9.17) is 0 Å². The Morgan fingerprint density at radius 3 is 2.77 bits per heavy atom. The SMILES string of the molecule is CCN(CCNC(=O)Cn1c(=O)[nH]c2ccccc21)c1cccc(C)c1. The second-order valence-corrected chi connectivity index (χ2v) is 6.30. The molecule has 3 aromatic rings. The number of para-hydroxylation sites is 2. The highest BCUT2D eigenvalue weighted by atomic mass is 16.2. The summed E-state index contributed by atoms with van der Waals surface area (Å²) in [6.45, 7) is 6.28. The summed E-state index contributed by atoms with van der Waals surface area (Å²) in [7, 11) is 0. The number of likely N-dealkylation sites (N-methyl/N-ethyl adjacent to an activating group) is 1. The highest BCUT2D eigenvalue weighted by Gasteiger charge is 2.11. The fourth-order valence-corrected chi connectivity index (χ4v) is 3.09. The third-order valence-corrected chi connectivity index (χ3v) is 4.44. The van der Waals surface area contributed by atoms with Gasteiger partial charge >= 0.3 is 5.69 Å². The monoisotopic (exact) mass is 352 g/mol. The zero-order chi connectivity index (χ0) is 18.5. The van der Waals surface area contributed by atoms with Crippen molar-refractivity contribution in [2.24, 2.45) is 0 Å². The molecule has 136 valence electrons. The van der Waals surface area contributed by atoms with Gasteiger partial charge in [-0.3, -0.25) is 9.36 Å². The molecule has 6 heteroatoms. The Morgan fingerprint density at radius 2 is 2.00 bits per heavy atom. The number of H-pyrrole nitrogens is 1. The molecule has 0 atom stereocenters. The molecule has 0 bridgehead atoms. The fraction of sp³-hybridized carbons (Fsp3) is 0.300. The molecular formula is C20H24N4O2. The maximum atomic E-state index is 12.3. The number of rotatable bonds is 7. The van der Waals surface area contributed by atoms with Crippen LogP contribution < -0.4 is 15.9 Å². The normalized spacial score (nSPS) is 10.8. The molecule has 1 aromatic heterocycles. The summed E-state index contributed by atoms with van der Waals surface area (Å²) in [6.07, 6.45) is 0. The molecule has 0 aliphatic heterocycles. The van der Waals surface area contributed by atoms with E-state index in [1.165, 1.54) is 10.1 Å². The molecule has 2 aromatic carbocycles. The van der Waals surface area contributed by atoms with Gasteiger partial charge in [0.2, 0.25) is 5.91 Å². The number of aryl methyl sites for hydroxylation is 1. The van der Waals surface area contributed by atoms with E-state index in [1.807, 2.05) is 30.3 Å². The number of anilines is 1. The van der Waals surface area contributed by atoms with Gasteiger partial charge in [0.1, 0.15) is 6.54 Å². The lowest BCUT2D eigenvalue weighted by Crippen LogP contribution is -2.37. The van der Waals surface area contributed by atoms with Crippen LogP contribution in [0.4, 0.5) is 5.69 Å². The molecule has 1 heterocycles. The van der Waals surface area contributed by atoms with Crippen LogP contribution in [0.25, 0.3) is 11.0 Å². The van der Waals surface area contributed by atoms with E-state index in [2.05, 4.69) is 47.2 Å². The first kappa shape index (κ1) is 17.8. The number of nitrogens with one attached hydrogen (secondary N) is 2. The van der Waals surface area contributed by atoms with Gasteiger partial charge in [-0.05, 0) is 43.7 Å². The number of amides is 1. The zero-order valence-electron chi connectivity index (χ0n) is 15.2. The molecule has 0 aliphatic carbocycles. The second kappa shape index (κ2) is 7.91. The maximum absolute atomic E-state index is 12.3. The smallest absolute Gasteiger partial charge is 0.326 e. The Kier molecular flexibility index (Phi) is 5.41.